The summed E-state index contributed by atoms with van der Waals surface area (Å²) in [6.45, 7) is 10.0. The lowest BCUT2D eigenvalue weighted by Crippen LogP contribution is -2.79. The molecule has 0 aromatic heterocycles. The van der Waals surface area contributed by atoms with Crippen LogP contribution < -0.4 is 5.43 Å². The number of nitrogens with one attached hydrogen (secondary N) is 1. The lowest BCUT2D eigenvalue weighted by molar-refractivity contribution is -0.271. The Balaban J connectivity index is 2.09. The molecule has 3 aliphatic rings. The van der Waals surface area contributed by atoms with Crippen LogP contribution in [0.15, 0.2) is 0 Å². The third-order valence-electron chi connectivity index (χ3n) is 4.34. The lowest BCUT2D eigenvalue weighted by atomic mass is 9.38. The molecule has 9 heteroatoms. The number of carbonyl (C=O) groups is 2. The summed E-state index contributed by atoms with van der Waals surface area (Å²) in [5.74, 6) is 0. The molecule has 150 valence electrons. The highest BCUT2D eigenvalue weighted by molar-refractivity contribution is 5.76. The van der Waals surface area contributed by atoms with Crippen LogP contribution in [0.5, 0.6) is 0 Å². The molecule has 0 unspecified atom stereocenters. The van der Waals surface area contributed by atoms with Crippen molar-refractivity contribution in [3.05, 3.63) is 0 Å². The molecule has 3 aliphatic carbocycles. The van der Waals surface area contributed by atoms with Gasteiger partial charge in [-0.05, 0) is 66.2 Å². The number of ether oxygens (including phenoxy) is 2. The predicted molar refractivity (Wildman–Crippen MR) is 87.1 cm³/mol. The van der Waals surface area contributed by atoms with E-state index < -0.39 is 46.9 Å². The molecule has 0 aromatic rings. The molecule has 0 aliphatic heterocycles. The van der Waals surface area contributed by atoms with Crippen LogP contribution in [0.25, 0.3) is 0 Å². The maximum atomic E-state index is 12.7. The summed E-state index contributed by atoms with van der Waals surface area (Å²) in [6.07, 6.45) is -6.25. The Bertz CT molecular complexity index is 571. The van der Waals surface area contributed by atoms with Crippen molar-refractivity contribution >= 4 is 12.2 Å². The van der Waals surface area contributed by atoms with E-state index in [2.05, 4.69) is 5.43 Å². The Morgan fingerprint density at radius 2 is 1.42 bits per heavy atom. The molecule has 26 heavy (non-hydrogen) atoms. The third kappa shape index (κ3) is 4.73. The van der Waals surface area contributed by atoms with Gasteiger partial charge in [-0.2, -0.15) is 13.2 Å². The number of hydrogen-bond acceptors (Lipinski definition) is 4. The van der Waals surface area contributed by atoms with E-state index in [1.807, 2.05) is 0 Å². The molecule has 6 nitrogen and oxygen atoms in total. The molecule has 0 atom stereocenters. The minimum absolute atomic E-state index is 0.175. The fraction of sp³-hybridized carbons (Fsp3) is 0.882. The summed E-state index contributed by atoms with van der Waals surface area (Å²) < 4.78 is 48.6. The van der Waals surface area contributed by atoms with Gasteiger partial charge in [0.15, 0.2) is 0 Å². The molecule has 2 bridgehead atoms. The van der Waals surface area contributed by atoms with Gasteiger partial charge in [-0.15, -0.1) is 0 Å². The predicted octanol–water partition coefficient (Wildman–Crippen LogP) is 4.54. The van der Waals surface area contributed by atoms with Gasteiger partial charge in [-0.1, -0.05) is 0 Å². The molecular formula is C17H27F3N2O4. The molecular weight excluding hydrogens is 353 g/mol. The van der Waals surface area contributed by atoms with Crippen molar-refractivity contribution in [3.8, 4) is 0 Å². The molecule has 0 saturated heterocycles. The Morgan fingerprint density at radius 3 is 1.81 bits per heavy atom. The third-order valence-corrected chi connectivity index (χ3v) is 4.34. The molecule has 1 N–H and O–H groups in total. The molecule has 3 saturated carbocycles. The molecule has 0 radical (unpaired) electrons. The second-order valence-corrected chi connectivity index (χ2v) is 9.48. The maximum absolute atomic E-state index is 12.7. The number of nitrogens with zero attached hydrogens (tertiary/aromatic N) is 1. The Morgan fingerprint density at radius 1 is 0.962 bits per heavy atom. The van der Waals surface area contributed by atoms with Gasteiger partial charge in [-0.3, -0.25) is 0 Å². The first-order chi connectivity index (χ1) is 11.4. The van der Waals surface area contributed by atoms with Crippen LogP contribution in [0.3, 0.4) is 0 Å². The van der Waals surface area contributed by atoms with Crippen molar-refractivity contribution in [2.24, 2.45) is 5.41 Å². The van der Waals surface area contributed by atoms with Gasteiger partial charge < -0.3 is 9.47 Å². The number of halogens is 3. The van der Waals surface area contributed by atoms with E-state index in [9.17, 15) is 22.8 Å². The van der Waals surface area contributed by atoms with Gasteiger partial charge in [-0.25, -0.2) is 20.0 Å². The first-order valence-electron chi connectivity index (χ1n) is 8.54. The Kier molecular flexibility index (Phi) is 4.70. The van der Waals surface area contributed by atoms with Gasteiger partial charge in [0, 0.05) is 6.42 Å². The number of hydrazine groups is 1. The standard InChI is InChI=1S/C17H27F3N2O4/c1-13(2,3)25-11(23)21-22(12(24)26-14(4,5)6)16-7-15(8-16,9-16)10-17(18,19)20/h7-10H2,1-6H3,(H,21,23). The van der Waals surface area contributed by atoms with E-state index in [4.69, 9.17) is 9.47 Å². The van der Waals surface area contributed by atoms with Gasteiger partial charge in [0.25, 0.3) is 0 Å². The van der Waals surface area contributed by atoms with Gasteiger partial charge >= 0.3 is 18.4 Å². The highest BCUT2D eigenvalue weighted by Gasteiger charge is 2.74. The van der Waals surface area contributed by atoms with Crippen molar-refractivity contribution in [3.63, 3.8) is 0 Å². The number of hydrogen-bond donors (Lipinski definition) is 1. The van der Waals surface area contributed by atoms with E-state index in [-0.39, 0.29) is 19.3 Å². The quantitative estimate of drug-likeness (QED) is 0.714. The molecule has 0 heterocycles. The summed E-state index contributed by atoms with van der Waals surface area (Å²) in [4.78, 5) is 24.6. The minimum atomic E-state index is -4.25. The zero-order valence-corrected chi connectivity index (χ0v) is 16.0. The van der Waals surface area contributed by atoms with Crippen LogP contribution in [-0.2, 0) is 9.47 Å². The Hall–Kier alpha value is -1.67. The van der Waals surface area contributed by atoms with Gasteiger partial charge in [0.1, 0.15) is 11.2 Å². The maximum Gasteiger partial charge on any atom is 0.429 e. The zero-order chi connectivity index (χ0) is 20.2. The number of carbonyl (C=O) groups excluding carboxylic acids is 2. The Labute approximate surface area is 151 Å². The van der Waals surface area contributed by atoms with E-state index in [1.165, 1.54) is 0 Å². The minimum Gasteiger partial charge on any atom is -0.443 e. The summed E-state index contributed by atoms with van der Waals surface area (Å²) in [6, 6.07) is 0. The largest absolute Gasteiger partial charge is 0.443 e. The SMILES string of the molecule is CC(C)(C)OC(=O)NN(C(=O)OC(C)(C)C)C12CC(CC(F)(F)F)(C1)C2. The number of alkyl halides is 3. The van der Waals surface area contributed by atoms with Crippen molar-refractivity contribution in [1.82, 2.24) is 10.4 Å². The smallest absolute Gasteiger partial charge is 0.429 e. The summed E-state index contributed by atoms with van der Waals surface area (Å²) in [5, 5.41) is 1.02. The average molecular weight is 380 g/mol. The number of amides is 2. The first-order valence-corrected chi connectivity index (χ1v) is 8.54. The number of rotatable bonds is 2. The molecule has 0 aromatic carbocycles. The van der Waals surface area contributed by atoms with E-state index in [1.54, 1.807) is 41.5 Å². The first kappa shape index (κ1) is 20.6. The van der Waals surface area contributed by atoms with Crippen molar-refractivity contribution in [2.45, 2.75) is 90.1 Å². The topological polar surface area (TPSA) is 67.9 Å². The lowest BCUT2D eigenvalue weighted by Gasteiger charge is -2.72. The van der Waals surface area contributed by atoms with Crippen LogP contribution in [0.1, 0.15) is 67.2 Å². The van der Waals surface area contributed by atoms with E-state index in [0.29, 0.717) is 0 Å². The fourth-order valence-electron chi connectivity index (χ4n) is 3.85. The summed E-state index contributed by atoms with van der Waals surface area (Å²) in [5.41, 5.74) is -0.894. The van der Waals surface area contributed by atoms with Crippen molar-refractivity contribution in [1.29, 1.82) is 0 Å². The molecule has 2 amide bonds. The molecule has 0 spiro atoms. The van der Waals surface area contributed by atoms with Crippen molar-refractivity contribution in [2.75, 3.05) is 0 Å². The highest BCUT2D eigenvalue weighted by Crippen LogP contribution is 2.72. The van der Waals surface area contributed by atoms with Gasteiger partial charge in [0.2, 0.25) is 0 Å². The molecule has 3 rings (SSSR count). The molecule has 3 fully saturated rings. The highest BCUT2D eigenvalue weighted by atomic mass is 19.4. The second-order valence-electron chi connectivity index (χ2n) is 9.48. The van der Waals surface area contributed by atoms with Gasteiger partial charge in [0.05, 0.1) is 5.54 Å². The normalized spacial score (nSPS) is 27.7. The van der Waals surface area contributed by atoms with E-state index in [0.717, 1.165) is 5.01 Å². The monoisotopic (exact) mass is 380 g/mol. The summed E-state index contributed by atoms with van der Waals surface area (Å²) >= 11 is 0. The van der Waals surface area contributed by atoms with E-state index >= 15 is 0 Å². The van der Waals surface area contributed by atoms with Crippen molar-refractivity contribution < 1.29 is 32.2 Å². The van der Waals surface area contributed by atoms with Crippen LogP contribution in [0.2, 0.25) is 0 Å². The second kappa shape index (κ2) is 5.92. The summed E-state index contributed by atoms with van der Waals surface area (Å²) in [7, 11) is 0. The fourth-order valence-corrected chi connectivity index (χ4v) is 3.85. The zero-order valence-electron chi connectivity index (χ0n) is 16.0. The van der Waals surface area contributed by atoms with Crippen LogP contribution in [0.4, 0.5) is 22.8 Å². The average Bonchev–Trinajstić information content (AvgIpc) is 2.23. The van der Waals surface area contributed by atoms with Crippen LogP contribution in [0, 0.1) is 5.41 Å². The van der Waals surface area contributed by atoms with Crippen LogP contribution in [-0.4, -0.2) is 40.1 Å². The van der Waals surface area contributed by atoms with Crippen LogP contribution >= 0.6 is 0 Å².